The van der Waals surface area contributed by atoms with E-state index in [1.165, 1.54) is 5.56 Å². The Labute approximate surface area is 331 Å². The summed E-state index contributed by atoms with van der Waals surface area (Å²) < 4.78 is 8.72. The van der Waals surface area contributed by atoms with Crippen LogP contribution in [-0.4, -0.2) is 14.5 Å². The van der Waals surface area contributed by atoms with Gasteiger partial charge >= 0.3 is 0 Å². The van der Waals surface area contributed by atoms with Crippen LogP contribution in [0.3, 0.4) is 0 Å². The molecule has 1 aliphatic carbocycles. The van der Waals surface area contributed by atoms with Crippen molar-refractivity contribution in [3.8, 4) is 34.6 Å². The summed E-state index contributed by atoms with van der Waals surface area (Å²) in [6.07, 6.45) is 3.82. The van der Waals surface area contributed by atoms with Crippen LogP contribution in [0.1, 0.15) is 27.8 Å². The zero-order valence-corrected chi connectivity index (χ0v) is 30.8. The minimum atomic E-state index is -0.759. The molecule has 3 aromatic heterocycles. The molecule has 0 saturated heterocycles. The van der Waals surface area contributed by atoms with Crippen molar-refractivity contribution in [3.05, 3.63) is 197 Å². The maximum Gasteiger partial charge on any atom is 0.191 e. The van der Waals surface area contributed by atoms with Gasteiger partial charge in [-0.1, -0.05) is 84.6 Å². The molecule has 0 fully saturated rings. The zero-order chi connectivity index (χ0) is 37.8. The van der Waals surface area contributed by atoms with E-state index >= 15 is 0 Å². The second kappa shape index (κ2) is 11.7. The Balaban J connectivity index is 1.17. The molecule has 12 rings (SSSR count). The van der Waals surface area contributed by atoms with Gasteiger partial charge in [0.05, 0.1) is 75.0 Å². The van der Waals surface area contributed by atoms with Crippen LogP contribution in [0.15, 0.2) is 168 Å². The molecule has 1 unspecified atom stereocenters. The third-order valence-corrected chi connectivity index (χ3v) is 12.8. The van der Waals surface area contributed by atoms with Gasteiger partial charge in [-0.2, -0.15) is 5.26 Å². The average Bonchev–Trinajstić information content (AvgIpc) is 3.75. The second-order valence-corrected chi connectivity index (χ2v) is 15.4. The minimum Gasteiger partial charge on any atom is -0.454 e. The largest absolute Gasteiger partial charge is 0.454 e. The summed E-state index contributed by atoms with van der Waals surface area (Å²) in [5, 5.41) is 11.9. The molecule has 3 aliphatic rings. The number of pyridine rings is 2. The van der Waals surface area contributed by atoms with Gasteiger partial charge in [0.25, 0.3) is 0 Å². The third kappa shape index (κ3) is 4.20. The average molecular weight is 747 g/mol. The molecule has 9 aromatic rings. The number of nitriles is 1. The Morgan fingerprint density at radius 1 is 0.649 bits per heavy atom. The fourth-order valence-electron chi connectivity index (χ4n) is 9.29. The van der Waals surface area contributed by atoms with Crippen LogP contribution in [0.4, 0.5) is 22.7 Å². The van der Waals surface area contributed by atoms with E-state index in [4.69, 9.17) is 21.3 Å². The highest BCUT2D eigenvalue weighted by Gasteiger charge is 2.52. The van der Waals surface area contributed by atoms with Crippen LogP contribution in [0.2, 0.25) is 0 Å². The quantitative estimate of drug-likeness (QED) is 0.164. The molecule has 0 bridgehead atoms. The van der Waals surface area contributed by atoms with E-state index in [1.807, 2.05) is 79.1 Å². The van der Waals surface area contributed by atoms with Gasteiger partial charge in [-0.3, -0.25) is 9.97 Å². The van der Waals surface area contributed by atoms with Crippen LogP contribution in [0.25, 0.3) is 43.7 Å². The molecule has 264 valence electrons. The van der Waals surface area contributed by atoms with E-state index in [0.717, 1.165) is 88.2 Å². The highest BCUT2D eigenvalue weighted by molar-refractivity contribution is 7.99. The number of aromatic nitrogens is 3. The van der Waals surface area contributed by atoms with E-state index in [-0.39, 0.29) is 0 Å². The van der Waals surface area contributed by atoms with E-state index in [0.29, 0.717) is 17.0 Å². The van der Waals surface area contributed by atoms with E-state index in [2.05, 4.69) is 99.2 Å². The second-order valence-electron chi connectivity index (χ2n) is 14.4. The number of rotatable bonds is 2. The van der Waals surface area contributed by atoms with Gasteiger partial charge in [0, 0.05) is 32.3 Å². The lowest BCUT2D eigenvalue weighted by atomic mass is 9.67. The molecule has 2 aliphatic heterocycles. The van der Waals surface area contributed by atoms with Crippen LogP contribution < -0.4 is 9.64 Å². The van der Waals surface area contributed by atoms with Crippen molar-refractivity contribution in [1.82, 2.24) is 14.5 Å². The van der Waals surface area contributed by atoms with Crippen molar-refractivity contribution in [1.29, 1.82) is 5.26 Å². The van der Waals surface area contributed by atoms with E-state index in [1.54, 1.807) is 11.8 Å². The number of para-hydroxylation sites is 3. The molecule has 6 aromatic carbocycles. The molecule has 1 atom stereocenters. The Bertz CT molecular complexity index is 3320. The van der Waals surface area contributed by atoms with Crippen LogP contribution in [0, 0.1) is 17.9 Å². The highest BCUT2D eigenvalue weighted by atomic mass is 32.2. The number of hydrogen-bond donors (Lipinski definition) is 0. The molecular formula is C49H26N6OS. The predicted octanol–water partition coefficient (Wildman–Crippen LogP) is 12.4. The van der Waals surface area contributed by atoms with Crippen LogP contribution in [0.5, 0.6) is 11.5 Å². The molecular weight excluding hydrogens is 721 g/mol. The number of hydrogen-bond acceptors (Lipinski definition) is 6. The van der Waals surface area contributed by atoms with Crippen molar-refractivity contribution in [2.75, 3.05) is 4.90 Å². The van der Waals surface area contributed by atoms with Crippen molar-refractivity contribution in [2.24, 2.45) is 0 Å². The summed E-state index contributed by atoms with van der Waals surface area (Å²) in [7, 11) is 0. The number of benzene rings is 6. The Morgan fingerprint density at radius 3 is 2.35 bits per heavy atom. The number of nitrogens with zero attached hydrogens (tertiary/aromatic N) is 6. The normalized spacial score (nSPS) is 15.4. The minimum absolute atomic E-state index is 0.522. The van der Waals surface area contributed by atoms with E-state index < -0.39 is 5.41 Å². The fraction of sp³-hybridized carbons (Fsp3) is 0.0204. The molecule has 1 spiro atoms. The van der Waals surface area contributed by atoms with Crippen LogP contribution >= 0.6 is 11.8 Å². The number of ether oxygens (including phenoxy) is 1. The van der Waals surface area contributed by atoms with Gasteiger partial charge in [-0.15, -0.1) is 0 Å². The van der Waals surface area contributed by atoms with Crippen LogP contribution in [-0.2, 0) is 5.41 Å². The molecule has 8 heteroatoms. The third-order valence-electron chi connectivity index (χ3n) is 11.6. The highest BCUT2D eigenvalue weighted by Crippen LogP contribution is 2.64. The Hall–Kier alpha value is -7.65. The summed E-state index contributed by atoms with van der Waals surface area (Å²) in [5.41, 5.74) is 12.3. The molecule has 57 heavy (non-hydrogen) atoms. The summed E-state index contributed by atoms with van der Waals surface area (Å²) in [4.78, 5) is 18.6. The summed E-state index contributed by atoms with van der Waals surface area (Å²) in [6, 6.07) is 52.2. The molecule has 0 saturated carbocycles. The van der Waals surface area contributed by atoms with Gasteiger partial charge in [-0.25, -0.2) is 4.85 Å². The number of fused-ring (bicyclic) bond motifs is 14. The monoisotopic (exact) mass is 746 g/mol. The summed E-state index contributed by atoms with van der Waals surface area (Å²) in [5.74, 6) is 1.36. The topological polar surface area (TPSA) is 71.3 Å². The standard InChI is InChI=1S/C49H26N6OS/c1-51-30-20-22-41-44(25-30)56-43-17-6-5-15-40(43)55(41)42-16-8-12-36-48(42)57-45-18-7-3-11-34(45)49(36)35-13-9-23-52-46(35)47-37(49)26-31(28-53-47)54-38-14-4-2-10-32(38)33-24-29(27-50)19-21-39(33)54/h2-26,28H. The first kappa shape index (κ1) is 31.7. The Kier molecular flexibility index (Phi) is 6.49. The first-order valence-electron chi connectivity index (χ1n) is 18.6. The summed E-state index contributed by atoms with van der Waals surface area (Å²) >= 11 is 1.78. The number of anilines is 3. The lowest BCUT2D eigenvalue weighted by Crippen LogP contribution is -2.33. The smallest absolute Gasteiger partial charge is 0.191 e. The van der Waals surface area contributed by atoms with E-state index in [9.17, 15) is 5.26 Å². The maximum absolute atomic E-state index is 9.81. The molecule has 0 radical (unpaired) electrons. The van der Waals surface area contributed by atoms with Crippen molar-refractivity contribution in [2.45, 2.75) is 15.2 Å². The summed E-state index contributed by atoms with van der Waals surface area (Å²) in [6.45, 7) is 7.71. The predicted molar refractivity (Wildman–Crippen MR) is 224 cm³/mol. The lowest BCUT2D eigenvalue weighted by Gasteiger charge is -2.41. The van der Waals surface area contributed by atoms with Crippen molar-refractivity contribution >= 4 is 56.3 Å². The Morgan fingerprint density at radius 2 is 1.42 bits per heavy atom. The lowest BCUT2D eigenvalue weighted by molar-refractivity contribution is 0.477. The fourth-order valence-corrected chi connectivity index (χ4v) is 10.6. The first-order chi connectivity index (χ1) is 28.2. The maximum atomic E-state index is 9.81. The van der Waals surface area contributed by atoms with Gasteiger partial charge in [0.15, 0.2) is 11.4 Å². The van der Waals surface area contributed by atoms with Crippen molar-refractivity contribution in [3.63, 3.8) is 0 Å². The van der Waals surface area contributed by atoms with Crippen molar-refractivity contribution < 1.29 is 4.74 Å². The molecule has 0 N–H and O–H groups in total. The van der Waals surface area contributed by atoms with Gasteiger partial charge < -0.3 is 14.2 Å². The zero-order valence-electron chi connectivity index (χ0n) is 30.0. The van der Waals surface area contributed by atoms with Gasteiger partial charge in [-0.05, 0) is 89.5 Å². The first-order valence-corrected chi connectivity index (χ1v) is 19.4. The molecule has 0 amide bonds. The molecule has 7 nitrogen and oxygen atoms in total. The molecule has 5 heterocycles. The SMILES string of the molecule is [C-]#[N+]c1ccc2c(c1)Oc1ccccc1N2c1cccc2c1Sc1ccccc1C21c2cccnc2-c2ncc(-n3c4ccccc4c4cc(C#N)ccc43)cc21. The van der Waals surface area contributed by atoms with Gasteiger partial charge in [0.1, 0.15) is 5.75 Å². The van der Waals surface area contributed by atoms with Gasteiger partial charge in [0.2, 0.25) is 0 Å².